The smallest absolute Gasteiger partial charge is 0.333 e. The fourth-order valence-electron chi connectivity index (χ4n) is 1.94. The van der Waals surface area contributed by atoms with E-state index in [0.717, 1.165) is 12.8 Å². The van der Waals surface area contributed by atoms with Gasteiger partial charge in [0.1, 0.15) is 6.23 Å². The Labute approximate surface area is 93.6 Å². The molecular formula is C11H15NO4. The molecule has 0 aromatic carbocycles. The second-order valence-electron chi connectivity index (χ2n) is 3.97. The Balaban J connectivity index is 2.02. The molecule has 0 aromatic rings. The van der Waals surface area contributed by atoms with E-state index >= 15 is 0 Å². The summed E-state index contributed by atoms with van der Waals surface area (Å²) >= 11 is 0. The molecule has 0 radical (unpaired) electrons. The third-order valence-corrected chi connectivity index (χ3v) is 2.82. The molecule has 5 nitrogen and oxygen atoms in total. The molecule has 2 heterocycles. The Morgan fingerprint density at radius 2 is 2.38 bits per heavy atom. The number of nitrogens with zero attached hydrogens (tertiary/aromatic N) is 1. The van der Waals surface area contributed by atoms with Crippen LogP contribution in [0.3, 0.4) is 0 Å². The number of aliphatic hydroxyl groups excluding tert-OH is 1. The van der Waals surface area contributed by atoms with Gasteiger partial charge >= 0.3 is 5.97 Å². The van der Waals surface area contributed by atoms with Crippen LogP contribution in [0.2, 0.25) is 0 Å². The zero-order valence-electron chi connectivity index (χ0n) is 8.87. The highest BCUT2D eigenvalue weighted by Gasteiger charge is 2.28. The molecule has 2 rings (SSSR count). The molecule has 5 heteroatoms. The highest BCUT2D eigenvalue weighted by atomic mass is 16.5. The van der Waals surface area contributed by atoms with Gasteiger partial charge in [-0.25, -0.2) is 4.79 Å². The van der Waals surface area contributed by atoms with Crippen molar-refractivity contribution in [2.45, 2.75) is 31.6 Å². The molecule has 88 valence electrons. The van der Waals surface area contributed by atoms with E-state index < -0.39 is 5.97 Å². The summed E-state index contributed by atoms with van der Waals surface area (Å²) in [5.74, 6) is -0.897. The molecule has 1 saturated heterocycles. The summed E-state index contributed by atoms with van der Waals surface area (Å²) < 4.78 is 5.57. The number of aliphatic carboxylic acids is 1. The van der Waals surface area contributed by atoms with Crippen LogP contribution in [-0.4, -0.2) is 40.0 Å². The lowest BCUT2D eigenvalue weighted by Gasteiger charge is -2.26. The zero-order chi connectivity index (χ0) is 11.5. The van der Waals surface area contributed by atoms with Crippen molar-refractivity contribution in [2.75, 3.05) is 6.61 Å². The van der Waals surface area contributed by atoms with Crippen molar-refractivity contribution in [2.24, 2.45) is 0 Å². The maximum Gasteiger partial charge on any atom is 0.333 e. The number of allylic oxidation sites excluding steroid dienone is 1. The molecule has 0 saturated carbocycles. The lowest BCUT2D eigenvalue weighted by Crippen LogP contribution is -2.29. The van der Waals surface area contributed by atoms with Crippen molar-refractivity contribution in [3.63, 3.8) is 0 Å². The number of aliphatic hydroxyl groups is 1. The van der Waals surface area contributed by atoms with Crippen LogP contribution in [0.15, 0.2) is 24.0 Å². The van der Waals surface area contributed by atoms with Gasteiger partial charge in [0.05, 0.1) is 18.3 Å². The van der Waals surface area contributed by atoms with Gasteiger partial charge in [0.15, 0.2) is 0 Å². The van der Waals surface area contributed by atoms with Gasteiger partial charge in [0.2, 0.25) is 0 Å². The minimum absolute atomic E-state index is 0.0174. The summed E-state index contributed by atoms with van der Waals surface area (Å²) in [6, 6.07) is 0. The summed E-state index contributed by atoms with van der Waals surface area (Å²) in [7, 11) is 0. The van der Waals surface area contributed by atoms with Crippen molar-refractivity contribution in [3.8, 4) is 0 Å². The fourth-order valence-corrected chi connectivity index (χ4v) is 1.94. The van der Waals surface area contributed by atoms with Crippen molar-refractivity contribution in [1.29, 1.82) is 0 Å². The lowest BCUT2D eigenvalue weighted by molar-refractivity contribution is -0.132. The van der Waals surface area contributed by atoms with Crippen molar-refractivity contribution >= 4 is 5.97 Å². The van der Waals surface area contributed by atoms with Crippen LogP contribution >= 0.6 is 0 Å². The van der Waals surface area contributed by atoms with Gasteiger partial charge in [-0.1, -0.05) is 6.08 Å². The van der Waals surface area contributed by atoms with Gasteiger partial charge in [0, 0.05) is 18.8 Å². The quantitative estimate of drug-likeness (QED) is 0.738. The summed E-state index contributed by atoms with van der Waals surface area (Å²) in [6.07, 6.45) is 7.02. The summed E-state index contributed by atoms with van der Waals surface area (Å²) in [5, 5.41) is 17.8. The van der Waals surface area contributed by atoms with Crippen LogP contribution in [0, 0.1) is 0 Å². The molecule has 0 aromatic heterocycles. The maximum atomic E-state index is 10.8. The van der Waals surface area contributed by atoms with E-state index in [1.807, 2.05) is 6.20 Å². The Bertz CT molecular complexity index is 337. The van der Waals surface area contributed by atoms with Gasteiger partial charge in [-0.05, 0) is 12.8 Å². The lowest BCUT2D eigenvalue weighted by atomic mass is 10.1. The molecule has 2 aliphatic rings. The molecule has 2 N–H and O–H groups in total. The number of carboxylic acids is 1. The van der Waals surface area contributed by atoms with Gasteiger partial charge in [0.25, 0.3) is 0 Å². The van der Waals surface area contributed by atoms with Crippen LogP contribution in [0.1, 0.15) is 19.3 Å². The van der Waals surface area contributed by atoms with Crippen molar-refractivity contribution in [1.82, 2.24) is 4.90 Å². The van der Waals surface area contributed by atoms with Crippen LogP contribution in [-0.2, 0) is 9.53 Å². The highest BCUT2D eigenvalue weighted by Crippen LogP contribution is 2.25. The number of carboxylic acid groups (broad SMARTS) is 1. The van der Waals surface area contributed by atoms with Crippen LogP contribution in [0.25, 0.3) is 0 Å². The van der Waals surface area contributed by atoms with Crippen LogP contribution in [0.4, 0.5) is 0 Å². The summed E-state index contributed by atoms with van der Waals surface area (Å²) in [5.41, 5.74) is 0.360. The zero-order valence-corrected chi connectivity index (χ0v) is 8.87. The molecule has 0 bridgehead atoms. The first-order valence-corrected chi connectivity index (χ1v) is 5.35. The minimum Gasteiger partial charge on any atom is -0.478 e. The first kappa shape index (κ1) is 11.2. The van der Waals surface area contributed by atoms with E-state index in [2.05, 4.69) is 0 Å². The molecule has 0 spiro atoms. The second kappa shape index (κ2) is 4.67. The predicted octanol–water partition coefficient (Wildman–Crippen LogP) is 0.672. The molecule has 2 aliphatic heterocycles. The highest BCUT2D eigenvalue weighted by molar-refractivity contribution is 5.87. The molecule has 2 atom stereocenters. The molecule has 1 fully saturated rings. The average Bonchev–Trinajstić information content (AvgIpc) is 2.77. The Morgan fingerprint density at radius 1 is 1.56 bits per heavy atom. The Hall–Kier alpha value is -1.33. The topological polar surface area (TPSA) is 70.0 Å². The van der Waals surface area contributed by atoms with E-state index in [9.17, 15) is 4.79 Å². The third-order valence-electron chi connectivity index (χ3n) is 2.82. The van der Waals surface area contributed by atoms with E-state index in [0.29, 0.717) is 12.0 Å². The summed E-state index contributed by atoms with van der Waals surface area (Å²) in [4.78, 5) is 12.6. The Kier molecular flexibility index (Phi) is 3.26. The first-order valence-electron chi connectivity index (χ1n) is 5.35. The number of carbonyl (C=O) groups is 1. The molecule has 0 amide bonds. The van der Waals surface area contributed by atoms with E-state index in [1.54, 1.807) is 17.2 Å². The number of ether oxygens (including phenoxy) is 1. The van der Waals surface area contributed by atoms with Crippen LogP contribution < -0.4 is 0 Å². The maximum absolute atomic E-state index is 10.8. The SMILES string of the molecule is O=C(O)C1=CN([C@H]2CC[C@@H](CO)O2)C=CC1. The normalized spacial score (nSPS) is 29.3. The number of rotatable bonds is 3. The van der Waals surface area contributed by atoms with E-state index in [4.69, 9.17) is 14.9 Å². The van der Waals surface area contributed by atoms with Gasteiger partial charge < -0.3 is 19.8 Å². The van der Waals surface area contributed by atoms with E-state index in [-0.39, 0.29) is 18.9 Å². The largest absolute Gasteiger partial charge is 0.478 e. The molecule has 16 heavy (non-hydrogen) atoms. The van der Waals surface area contributed by atoms with Crippen molar-refractivity contribution in [3.05, 3.63) is 24.0 Å². The monoisotopic (exact) mass is 225 g/mol. The van der Waals surface area contributed by atoms with Gasteiger partial charge in [-0.15, -0.1) is 0 Å². The summed E-state index contributed by atoms with van der Waals surface area (Å²) in [6.45, 7) is 0.0174. The molecule has 0 unspecified atom stereocenters. The Morgan fingerprint density at radius 3 is 3.00 bits per heavy atom. The second-order valence-corrected chi connectivity index (χ2v) is 3.97. The van der Waals surface area contributed by atoms with Gasteiger partial charge in [-0.2, -0.15) is 0 Å². The molecule has 0 aliphatic carbocycles. The van der Waals surface area contributed by atoms with Crippen molar-refractivity contribution < 1.29 is 19.7 Å². The predicted molar refractivity (Wildman–Crippen MR) is 56.3 cm³/mol. The number of hydrogen-bond acceptors (Lipinski definition) is 4. The standard InChI is InChI=1S/C11H15NO4/c13-7-9-3-4-10(16-9)12-5-1-2-8(6-12)11(14)15/h1,5-6,9-10,13H,2-4,7H2,(H,14,15)/t9-,10+/m0/s1. The van der Waals surface area contributed by atoms with Crippen LogP contribution in [0.5, 0.6) is 0 Å². The van der Waals surface area contributed by atoms with E-state index in [1.165, 1.54) is 0 Å². The first-order chi connectivity index (χ1) is 7.70. The minimum atomic E-state index is -0.897. The third kappa shape index (κ3) is 2.25. The number of hydrogen-bond donors (Lipinski definition) is 2. The average molecular weight is 225 g/mol. The van der Waals surface area contributed by atoms with Gasteiger partial charge in [-0.3, -0.25) is 0 Å². The molecular weight excluding hydrogens is 210 g/mol. The fraction of sp³-hybridized carbons (Fsp3) is 0.545.